The zero-order chi connectivity index (χ0) is 13.0. The van der Waals surface area contributed by atoms with E-state index in [1.807, 2.05) is 35.9 Å². The van der Waals surface area contributed by atoms with E-state index < -0.39 is 0 Å². The monoisotopic (exact) mass is 307 g/mol. The Bertz CT molecular complexity index is 537. The number of rotatable bonds is 4. The minimum atomic E-state index is 0.00454. The molecule has 0 aliphatic heterocycles. The Labute approximate surface area is 114 Å². The van der Waals surface area contributed by atoms with Gasteiger partial charge in [0.15, 0.2) is 0 Å². The first-order valence-corrected chi connectivity index (χ1v) is 6.46. The average molecular weight is 308 g/mol. The second-order valence-corrected chi connectivity index (χ2v) is 4.97. The summed E-state index contributed by atoms with van der Waals surface area (Å²) in [5.74, 6) is 0.00454. The molecule has 0 saturated carbocycles. The molecule has 1 aromatic carbocycles. The maximum atomic E-state index is 11.8. The van der Waals surface area contributed by atoms with Gasteiger partial charge in [0.05, 0.1) is 6.33 Å². The summed E-state index contributed by atoms with van der Waals surface area (Å²) in [5, 5.41) is 2.91. The van der Waals surface area contributed by atoms with Crippen molar-refractivity contribution in [2.24, 2.45) is 0 Å². The number of benzene rings is 1. The highest BCUT2D eigenvalue weighted by Crippen LogP contribution is 2.20. The summed E-state index contributed by atoms with van der Waals surface area (Å²) in [4.78, 5) is 15.7. The zero-order valence-electron chi connectivity index (χ0n) is 10.1. The minimum Gasteiger partial charge on any atom is -0.337 e. The van der Waals surface area contributed by atoms with Crippen molar-refractivity contribution in [1.29, 1.82) is 0 Å². The van der Waals surface area contributed by atoms with Crippen LogP contribution in [0.15, 0.2) is 41.4 Å². The van der Waals surface area contributed by atoms with Gasteiger partial charge in [0.1, 0.15) is 0 Å². The maximum absolute atomic E-state index is 11.8. The molecule has 0 radical (unpaired) electrons. The number of hydrogen-bond acceptors (Lipinski definition) is 2. The van der Waals surface area contributed by atoms with Crippen LogP contribution in [0.5, 0.6) is 0 Å². The van der Waals surface area contributed by atoms with Crippen molar-refractivity contribution in [2.45, 2.75) is 19.9 Å². The highest BCUT2D eigenvalue weighted by atomic mass is 79.9. The predicted octanol–water partition coefficient (Wildman–Crippen LogP) is 2.98. The van der Waals surface area contributed by atoms with Gasteiger partial charge in [-0.1, -0.05) is 22.0 Å². The number of nitrogens with one attached hydrogen (secondary N) is 1. The molecule has 94 valence electrons. The van der Waals surface area contributed by atoms with Gasteiger partial charge < -0.3 is 9.88 Å². The van der Waals surface area contributed by atoms with E-state index in [1.54, 1.807) is 12.5 Å². The molecule has 1 amide bonds. The first-order valence-electron chi connectivity index (χ1n) is 5.67. The summed E-state index contributed by atoms with van der Waals surface area (Å²) in [7, 11) is 0. The molecule has 0 spiro atoms. The lowest BCUT2D eigenvalue weighted by molar-refractivity contribution is -0.116. The van der Waals surface area contributed by atoms with Crippen LogP contribution in [0.25, 0.3) is 0 Å². The Kier molecular flexibility index (Phi) is 4.15. The van der Waals surface area contributed by atoms with E-state index in [0.717, 1.165) is 15.7 Å². The number of anilines is 1. The lowest BCUT2D eigenvalue weighted by atomic mass is 10.2. The van der Waals surface area contributed by atoms with Crippen LogP contribution in [-0.2, 0) is 11.3 Å². The van der Waals surface area contributed by atoms with Crippen molar-refractivity contribution in [3.63, 3.8) is 0 Å². The Morgan fingerprint density at radius 3 is 3.06 bits per heavy atom. The number of carbonyl (C=O) groups is 1. The molecular formula is C13H14BrN3O. The normalized spacial score (nSPS) is 10.3. The fourth-order valence-corrected chi connectivity index (χ4v) is 1.95. The third kappa shape index (κ3) is 3.43. The molecule has 5 heteroatoms. The number of amides is 1. The van der Waals surface area contributed by atoms with Crippen LogP contribution in [0.3, 0.4) is 0 Å². The Hall–Kier alpha value is -1.62. The molecule has 0 fully saturated rings. The number of imidazole rings is 1. The summed E-state index contributed by atoms with van der Waals surface area (Å²) < 4.78 is 2.84. The van der Waals surface area contributed by atoms with Crippen LogP contribution in [0.1, 0.15) is 12.0 Å². The van der Waals surface area contributed by atoms with Crippen molar-refractivity contribution in [3.8, 4) is 0 Å². The Morgan fingerprint density at radius 2 is 2.33 bits per heavy atom. The van der Waals surface area contributed by atoms with Crippen LogP contribution >= 0.6 is 15.9 Å². The van der Waals surface area contributed by atoms with Crippen LogP contribution in [0.4, 0.5) is 5.69 Å². The fraction of sp³-hybridized carbons (Fsp3) is 0.231. The van der Waals surface area contributed by atoms with Crippen molar-refractivity contribution in [2.75, 3.05) is 5.32 Å². The predicted molar refractivity (Wildman–Crippen MR) is 74.4 cm³/mol. The van der Waals surface area contributed by atoms with Crippen molar-refractivity contribution in [1.82, 2.24) is 9.55 Å². The van der Waals surface area contributed by atoms with Crippen LogP contribution < -0.4 is 5.32 Å². The number of nitrogens with zero attached hydrogens (tertiary/aromatic N) is 2. The molecule has 0 bridgehead atoms. The molecule has 4 nitrogen and oxygen atoms in total. The number of aryl methyl sites for hydroxylation is 2. The van der Waals surface area contributed by atoms with E-state index in [1.165, 1.54) is 0 Å². The summed E-state index contributed by atoms with van der Waals surface area (Å²) in [5.41, 5.74) is 1.90. The van der Waals surface area contributed by atoms with E-state index in [4.69, 9.17) is 0 Å². The second kappa shape index (κ2) is 5.82. The number of halogens is 1. The highest BCUT2D eigenvalue weighted by molar-refractivity contribution is 9.10. The van der Waals surface area contributed by atoms with Crippen LogP contribution in [0.2, 0.25) is 0 Å². The molecule has 0 aliphatic carbocycles. The smallest absolute Gasteiger partial charge is 0.226 e. The first-order chi connectivity index (χ1) is 8.65. The maximum Gasteiger partial charge on any atom is 0.226 e. The van der Waals surface area contributed by atoms with E-state index in [2.05, 4.69) is 26.2 Å². The molecule has 2 aromatic rings. The standard InChI is InChI=1S/C13H14BrN3O/c1-10-2-3-11(14)8-12(10)16-13(18)4-6-17-7-5-15-9-17/h2-3,5,7-9H,4,6H2,1H3,(H,16,18). The number of hydrogen-bond donors (Lipinski definition) is 1. The van der Waals surface area contributed by atoms with E-state index in [0.29, 0.717) is 13.0 Å². The van der Waals surface area contributed by atoms with Crippen LogP contribution in [0, 0.1) is 6.92 Å². The molecule has 0 atom stereocenters. The molecular weight excluding hydrogens is 294 g/mol. The van der Waals surface area contributed by atoms with Crippen molar-refractivity contribution >= 4 is 27.5 Å². The van der Waals surface area contributed by atoms with Gasteiger partial charge in [-0.25, -0.2) is 4.98 Å². The van der Waals surface area contributed by atoms with Crippen LogP contribution in [-0.4, -0.2) is 15.5 Å². The van der Waals surface area contributed by atoms with Gasteiger partial charge in [-0.3, -0.25) is 4.79 Å². The number of carbonyl (C=O) groups excluding carboxylic acids is 1. The Balaban J connectivity index is 1.92. The topological polar surface area (TPSA) is 46.9 Å². The van der Waals surface area contributed by atoms with Gasteiger partial charge >= 0.3 is 0 Å². The number of aromatic nitrogens is 2. The SMILES string of the molecule is Cc1ccc(Br)cc1NC(=O)CCn1ccnc1. The molecule has 0 saturated heterocycles. The Morgan fingerprint density at radius 1 is 1.50 bits per heavy atom. The minimum absolute atomic E-state index is 0.00454. The highest BCUT2D eigenvalue weighted by Gasteiger charge is 2.05. The quantitative estimate of drug-likeness (QED) is 0.944. The fourth-order valence-electron chi connectivity index (χ4n) is 1.59. The molecule has 2 rings (SSSR count). The third-order valence-corrected chi connectivity index (χ3v) is 3.12. The van der Waals surface area contributed by atoms with Gasteiger partial charge in [0.25, 0.3) is 0 Å². The lowest BCUT2D eigenvalue weighted by Crippen LogP contribution is -2.14. The van der Waals surface area contributed by atoms with Crippen molar-refractivity contribution < 1.29 is 4.79 Å². The van der Waals surface area contributed by atoms with Gasteiger partial charge in [-0.05, 0) is 24.6 Å². The zero-order valence-corrected chi connectivity index (χ0v) is 11.6. The molecule has 1 N–H and O–H groups in total. The van der Waals surface area contributed by atoms with E-state index in [9.17, 15) is 4.79 Å². The van der Waals surface area contributed by atoms with Gasteiger partial charge in [-0.15, -0.1) is 0 Å². The third-order valence-electron chi connectivity index (χ3n) is 2.63. The van der Waals surface area contributed by atoms with Gasteiger partial charge in [-0.2, -0.15) is 0 Å². The summed E-state index contributed by atoms with van der Waals surface area (Å²) >= 11 is 3.39. The van der Waals surface area contributed by atoms with E-state index >= 15 is 0 Å². The lowest BCUT2D eigenvalue weighted by Gasteiger charge is -2.09. The second-order valence-electron chi connectivity index (χ2n) is 4.06. The summed E-state index contributed by atoms with van der Waals surface area (Å²) in [6, 6.07) is 5.83. The van der Waals surface area contributed by atoms with Gasteiger partial charge in [0.2, 0.25) is 5.91 Å². The molecule has 0 aliphatic rings. The van der Waals surface area contributed by atoms with Crippen molar-refractivity contribution in [3.05, 3.63) is 47.0 Å². The molecule has 0 unspecified atom stereocenters. The first kappa shape index (κ1) is 12.8. The molecule has 18 heavy (non-hydrogen) atoms. The average Bonchev–Trinajstić information content (AvgIpc) is 2.84. The van der Waals surface area contributed by atoms with Gasteiger partial charge in [0, 0.05) is 35.5 Å². The summed E-state index contributed by atoms with van der Waals surface area (Å²) in [6.45, 7) is 2.61. The van der Waals surface area contributed by atoms with E-state index in [-0.39, 0.29) is 5.91 Å². The molecule has 1 heterocycles. The summed E-state index contributed by atoms with van der Waals surface area (Å²) in [6.07, 6.45) is 5.69. The largest absolute Gasteiger partial charge is 0.337 e. The molecule has 1 aromatic heterocycles.